The van der Waals surface area contributed by atoms with E-state index >= 15 is 0 Å². The van der Waals surface area contributed by atoms with Gasteiger partial charge in [0.05, 0.1) is 38.8 Å². The number of ether oxygens (including phenoxy) is 1. The highest BCUT2D eigenvalue weighted by Crippen LogP contribution is 2.10. The van der Waals surface area contributed by atoms with Crippen molar-refractivity contribution >= 4 is 29.5 Å². The molecular weight excluding hydrogens is 646 g/mol. The van der Waals surface area contributed by atoms with E-state index in [2.05, 4.69) is 0 Å². The molecular formula is C36H51N5O9. The number of hydrogen-bond acceptors (Lipinski definition) is 11. The summed E-state index contributed by atoms with van der Waals surface area (Å²) >= 11 is 0. The Labute approximate surface area is 293 Å². The quantitative estimate of drug-likeness (QED) is 0.160. The van der Waals surface area contributed by atoms with Crippen LogP contribution in [0.4, 0.5) is 0 Å². The zero-order valence-corrected chi connectivity index (χ0v) is 28.7. The molecule has 0 unspecified atom stereocenters. The van der Waals surface area contributed by atoms with Crippen molar-refractivity contribution in [3.63, 3.8) is 0 Å². The van der Waals surface area contributed by atoms with Crippen molar-refractivity contribution in [3.05, 3.63) is 71.3 Å². The first-order chi connectivity index (χ1) is 24.0. The Balaban J connectivity index is 1.47. The van der Waals surface area contributed by atoms with Crippen LogP contribution in [0.2, 0.25) is 0 Å². The number of carbonyl (C=O) groups is 5. The molecule has 1 aliphatic rings. The first-order valence-corrected chi connectivity index (χ1v) is 17.0. The average molecular weight is 698 g/mol. The Morgan fingerprint density at radius 2 is 1.02 bits per heavy atom. The third-order valence-corrected chi connectivity index (χ3v) is 8.64. The molecule has 0 bridgehead atoms. The van der Waals surface area contributed by atoms with Crippen LogP contribution < -0.4 is 5.73 Å². The lowest BCUT2D eigenvalue weighted by molar-refractivity contribution is -0.140. The highest BCUT2D eigenvalue weighted by atomic mass is 16.5. The van der Waals surface area contributed by atoms with Crippen molar-refractivity contribution in [3.8, 4) is 0 Å². The van der Waals surface area contributed by atoms with Crippen LogP contribution in [0.3, 0.4) is 0 Å². The number of rotatable bonds is 19. The van der Waals surface area contributed by atoms with E-state index in [0.29, 0.717) is 71.6 Å². The number of ketones is 2. The predicted octanol–water partition coefficient (Wildman–Crippen LogP) is 0.710. The number of aryl methyl sites for hydroxylation is 2. The molecule has 1 aliphatic heterocycles. The van der Waals surface area contributed by atoms with Crippen LogP contribution in [0.15, 0.2) is 54.6 Å². The molecule has 50 heavy (non-hydrogen) atoms. The first kappa shape index (κ1) is 40.4. The zero-order chi connectivity index (χ0) is 36.3. The fraction of sp³-hybridized carbons (Fsp3) is 0.528. The molecule has 2 aromatic carbocycles. The van der Waals surface area contributed by atoms with Gasteiger partial charge in [-0.05, 0) is 36.0 Å². The van der Waals surface area contributed by atoms with Crippen LogP contribution in [0.1, 0.15) is 29.5 Å². The van der Waals surface area contributed by atoms with Crippen LogP contribution in [0.25, 0.3) is 0 Å². The van der Waals surface area contributed by atoms with Gasteiger partial charge in [0.2, 0.25) is 0 Å². The van der Waals surface area contributed by atoms with Crippen LogP contribution in [0, 0.1) is 0 Å². The van der Waals surface area contributed by atoms with Crippen LogP contribution in [0.5, 0.6) is 0 Å². The Bertz CT molecular complexity index is 1340. The molecule has 2 aromatic rings. The number of nitrogens with two attached hydrogens (primary N) is 1. The van der Waals surface area contributed by atoms with Gasteiger partial charge in [-0.15, -0.1) is 0 Å². The zero-order valence-electron chi connectivity index (χ0n) is 28.7. The maximum atomic E-state index is 13.1. The third kappa shape index (κ3) is 16.6. The first-order valence-electron chi connectivity index (χ1n) is 17.0. The summed E-state index contributed by atoms with van der Waals surface area (Å²) < 4.78 is 5.62. The van der Waals surface area contributed by atoms with Crippen molar-refractivity contribution in [2.75, 3.05) is 85.1 Å². The number of carbonyl (C=O) groups excluding carboxylic acids is 2. The molecule has 274 valence electrons. The SMILES string of the molecule is N[C@H](CCc1ccccc1)C(=O)COCc1ccc(CCC(=O)CN2CCN(CC(=O)O)CCN(CC(=O)O)CCN(CC(=O)O)CC2)cc1. The molecule has 0 aromatic heterocycles. The summed E-state index contributed by atoms with van der Waals surface area (Å²) in [6.07, 6.45) is 2.10. The summed E-state index contributed by atoms with van der Waals surface area (Å²) in [7, 11) is 0. The van der Waals surface area contributed by atoms with E-state index in [9.17, 15) is 39.3 Å². The molecule has 14 nitrogen and oxygen atoms in total. The van der Waals surface area contributed by atoms with Crippen molar-refractivity contribution < 1.29 is 44.0 Å². The minimum absolute atomic E-state index is 0.00817. The van der Waals surface area contributed by atoms with Crippen LogP contribution in [-0.2, 0) is 48.2 Å². The van der Waals surface area contributed by atoms with Gasteiger partial charge in [-0.1, -0.05) is 54.6 Å². The maximum absolute atomic E-state index is 13.1. The van der Waals surface area contributed by atoms with Gasteiger partial charge < -0.3 is 25.8 Å². The summed E-state index contributed by atoms with van der Waals surface area (Å²) in [4.78, 5) is 67.0. The summed E-state index contributed by atoms with van der Waals surface area (Å²) in [5.74, 6) is -3.14. The van der Waals surface area contributed by atoms with E-state index in [0.717, 1.165) is 23.1 Å². The average Bonchev–Trinajstić information content (AvgIpc) is 3.07. The van der Waals surface area contributed by atoms with Gasteiger partial charge in [0.1, 0.15) is 12.4 Å². The van der Waals surface area contributed by atoms with Gasteiger partial charge >= 0.3 is 17.9 Å². The second-order valence-corrected chi connectivity index (χ2v) is 12.7. The van der Waals surface area contributed by atoms with E-state index in [1.54, 1.807) is 14.7 Å². The lowest BCUT2D eigenvalue weighted by atomic mass is 10.0. The Kier molecular flexibility index (Phi) is 17.7. The molecule has 1 fully saturated rings. The molecule has 1 saturated heterocycles. The maximum Gasteiger partial charge on any atom is 0.317 e. The molecule has 14 heteroatoms. The highest BCUT2D eigenvalue weighted by molar-refractivity contribution is 5.85. The van der Waals surface area contributed by atoms with E-state index in [1.807, 2.05) is 59.5 Å². The normalized spacial score (nSPS) is 16.6. The van der Waals surface area contributed by atoms with E-state index < -0.39 is 23.9 Å². The van der Waals surface area contributed by atoms with Gasteiger partial charge in [-0.2, -0.15) is 0 Å². The summed E-state index contributed by atoms with van der Waals surface area (Å²) in [5, 5.41) is 28.2. The van der Waals surface area contributed by atoms with Gasteiger partial charge in [-0.3, -0.25) is 43.6 Å². The number of hydrogen-bond donors (Lipinski definition) is 4. The van der Waals surface area contributed by atoms with Crippen molar-refractivity contribution in [1.29, 1.82) is 0 Å². The van der Waals surface area contributed by atoms with Gasteiger partial charge in [0, 0.05) is 58.8 Å². The Morgan fingerprint density at radius 1 is 0.600 bits per heavy atom. The van der Waals surface area contributed by atoms with Gasteiger partial charge in [0.15, 0.2) is 5.78 Å². The van der Waals surface area contributed by atoms with Crippen molar-refractivity contribution in [2.45, 2.75) is 38.3 Å². The molecule has 0 spiro atoms. The minimum atomic E-state index is -1.01. The third-order valence-electron chi connectivity index (χ3n) is 8.64. The predicted molar refractivity (Wildman–Crippen MR) is 186 cm³/mol. The summed E-state index contributed by atoms with van der Waals surface area (Å²) in [6, 6.07) is 17.0. The summed E-state index contributed by atoms with van der Waals surface area (Å²) in [5.41, 5.74) is 9.06. The number of Topliss-reactive ketones (excluding diaryl/α,β-unsaturated/α-hetero) is 2. The molecule has 0 radical (unpaired) electrons. The fourth-order valence-electron chi connectivity index (χ4n) is 5.70. The van der Waals surface area contributed by atoms with Crippen LogP contribution in [-0.4, -0.2) is 156 Å². The van der Waals surface area contributed by atoms with Crippen molar-refractivity contribution in [2.24, 2.45) is 5.73 Å². The molecule has 1 heterocycles. The highest BCUT2D eigenvalue weighted by Gasteiger charge is 2.21. The number of nitrogens with zero attached hydrogens (tertiary/aromatic N) is 4. The Morgan fingerprint density at radius 3 is 1.48 bits per heavy atom. The van der Waals surface area contributed by atoms with E-state index in [-0.39, 0.29) is 51.0 Å². The van der Waals surface area contributed by atoms with Crippen molar-refractivity contribution in [1.82, 2.24) is 19.6 Å². The fourth-order valence-corrected chi connectivity index (χ4v) is 5.70. The molecule has 0 amide bonds. The van der Waals surface area contributed by atoms with Gasteiger partial charge in [0.25, 0.3) is 0 Å². The lowest BCUT2D eigenvalue weighted by Crippen LogP contribution is -2.49. The smallest absolute Gasteiger partial charge is 0.317 e. The second kappa shape index (κ2) is 21.9. The number of carboxylic acids is 3. The largest absolute Gasteiger partial charge is 0.480 e. The number of carboxylic acid groups (broad SMARTS) is 3. The molecule has 0 saturated carbocycles. The second-order valence-electron chi connectivity index (χ2n) is 12.7. The molecule has 1 atom stereocenters. The standard InChI is InChI=1S/C36H51N5O9/c37-32(13-11-28-4-2-1-3-5-28)33(43)27-50-26-30-8-6-29(7-9-30)10-12-31(42)22-38-14-16-39(23-34(44)45)18-20-41(25-36(48)49)21-19-40(17-15-38)24-35(46)47/h1-9,32H,10-27,37H2,(H,44,45)(H,46,47)(H,48,49)/t32-/m1/s1. The Hall–Kier alpha value is -4.05. The van der Waals surface area contributed by atoms with Gasteiger partial charge in [-0.25, -0.2) is 0 Å². The molecule has 5 N–H and O–H groups in total. The topological polar surface area (TPSA) is 194 Å². The van der Waals surface area contributed by atoms with E-state index in [1.165, 1.54) is 0 Å². The lowest BCUT2D eigenvalue weighted by Gasteiger charge is -2.32. The number of aliphatic carboxylic acids is 3. The number of benzene rings is 2. The van der Waals surface area contributed by atoms with Crippen LogP contribution >= 0.6 is 0 Å². The molecule has 0 aliphatic carbocycles. The van der Waals surface area contributed by atoms with E-state index in [4.69, 9.17) is 10.5 Å². The monoisotopic (exact) mass is 697 g/mol. The molecule has 3 rings (SSSR count). The summed E-state index contributed by atoms with van der Waals surface area (Å²) in [6.45, 7) is 2.45. The minimum Gasteiger partial charge on any atom is -0.480 e.